The monoisotopic (exact) mass is 205 g/mol. The van der Waals surface area contributed by atoms with Crippen molar-refractivity contribution in [2.24, 2.45) is 0 Å². The SMILES string of the molecule is CCC1(N2CCN(C)CC2)C=C[CH]C=C1. The molecule has 0 saturated carbocycles. The van der Waals surface area contributed by atoms with E-state index in [0.29, 0.717) is 0 Å². The lowest BCUT2D eigenvalue weighted by molar-refractivity contribution is 0.0921. The van der Waals surface area contributed by atoms with E-state index >= 15 is 0 Å². The van der Waals surface area contributed by atoms with Crippen molar-refractivity contribution < 1.29 is 0 Å². The highest BCUT2D eigenvalue weighted by Gasteiger charge is 2.32. The number of piperazine rings is 1. The topological polar surface area (TPSA) is 6.48 Å². The van der Waals surface area contributed by atoms with Gasteiger partial charge in [0.2, 0.25) is 0 Å². The lowest BCUT2D eigenvalue weighted by Gasteiger charge is -2.44. The van der Waals surface area contributed by atoms with Crippen molar-refractivity contribution in [3.05, 3.63) is 30.7 Å². The normalized spacial score (nSPS) is 27.1. The highest BCUT2D eigenvalue weighted by molar-refractivity contribution is 5.30. The van der Waals surface area contributed by atoms with Crippen LogP contribution in [-0.2, 0) is 0 Å². The van der Waals surface area contributed by atoms with Gasteiger partial charge in [0, 0.05) is 32.6 Å². The van der Waals surface area contributed by atoms with Crippen molar-refractivity contribution in [2.45, 2.75) is 18.9 Å². The molecule has 2 rings (SSSR count). The number of likely N-dealkylation sites (N-methyl/N-ethyl adjacent to an activating group) is 1. The fourth-order valence-electron chi connectivity index (χ4n) is 2.46. The third-order valence-corrected chi connectivity index (χ3v) is 3.65. The highest BCUT2D eigenvalue weighted by atomic mass is 15.3. The summed E-state index contributed by atoms with van der Waals surface area (Å²) in [7, 11) is 2.20. The molecule has 0 bridgehead atoms. The summed E-state index contributed by atoms with van der Waals surface area (Å²) >= 11 is 0. The van der Waals surface area contributed by atoms with Crippen LogP contribution in [0, 0.1) is 6.42 Å². The summed E-state index contributed by atoms with van der Waals surface area (Å²) in [4.78, 5) is 5.01. The largest absolute Gasteiger partial charge is 0.304 e. The molecule has 1 aliphatic carbocycles. The Morgan fingerprint density at radius 2 is 1.67 bits per heavy atom. The van der Waals surface area contributed by atoms with Gasteiger partial charge in [0.25, 0.3) is 0 Å². The van der Waals surface area contributed by atoms with Crippen molar-refractivity contribution >= 4 is 0 Å². The second kappa shape index (κ2) is 4.50. The second-order valence-electron chi connectivity index (χ2n) is 4.55. The van der Waals surface area contributed by atoms with Crippen molar-refractivity contribution in [3.63, 3.8) is 0 Å². The fourth-order valence-corrected chi connectivity index (χ4v) is 2.46. The number of hydrogen-bond donors (Lipinski definition) is 0. The summed E-state index contributed by atoms with van der Waals surface area (Å²) < 4.78 is 0. The minimum absolute atomic E-state index is 0.190. The molecular formula is C13H21N2. The Bertz CT molecular complexity index is 248. The molecule has 0 aromatic rings. The first-order chi connectivity index (χ1) is 7.27. The van der Waals surface area contributed by atoms with E-state index in [1.54, 1.807) is 0 Å². The van der Waals surface area contributed by atoms with Crippen molar-refractivity contribution in [1.82, 2.24) is 9.80 Å². The van der Waals surface area contributed by atoms with Crippen LogP contribution >= 0.6 is 0 Å². The lowest BCUT2D eigenvalue weighted by atomic mass is 9.88. The average molecular weight is 205 g/mol. The van der Waals surface area contributed by atoms with Gasteiger partial charge in [-0.3, -0.25) is 4.90 Å². The van der Waals surface area contributed by atoms with Gasteiger partial charge in [0.15, 0.2) is 0 Å². The predicted octanol–water partition coefficient (Wildman–Crippen LogP) is 1.71. The smallest absolute Gasteiger partial charge is 0.0573 e. The van der Waals surface area contributed by atoms with Crippen LogP contribution in [0.5, 0.6) is 0 Å². The third-order valence-electron chi connectivity index (χ3n) is 3.65. The molecule has 0 amide bonds. The van der Waals surface area contributed by atoms with E-state index in [1.165, 1.54) is 26.2 Å². The van der Waals surface area contributed by atoms with Crippen LogP contribution in [0.25, 0.3) is 0 Å². The average Bonchev–Trinajstić information content (AvgIpc) is 2.31. The standard InChI is InChI=1S/C13H21N2/c1-3-13(7-5-4-6-8-13)15-11-9-14(2)10-12-15/h4-8H,3,9-12H2,1-2H3. The third kappa shape index (κ3) is 2.16. The Hall–Kier alpha value is -0.600. The predicted molar refractivity (Wildman–Crippen MR) is 64.7 cm³/mol. The molecule has 0 N–H and O–H groups in total. The van der Waals surface area contributed by atoms with Crippen molar-refractivity contribution in [2.75, 3.05) is 33.2 Å². The molecule has 1 saturated heterocycles. The Labute approximate surface area is 93.2 Å². The zero-order valence-electron chi connectivity index (χ0n) is 9.82. The molecule has 1 radical (unpaired) electrons. The van der Waals surface area contributed by atoms with Gasteiger partial charge in [-0.1, -0.05) is 31.2 Å². The summed E-state index contributed by atoms with van der Waals surface area (Å²) in [6.45, 7) is 7.01. The Morgan fingerprint density at radius 1 is 1.07 bits per heavy atom. The van der Waals surface area contributed by atoms with Gasteiger partial charge in [0.1, 0.15) is 0 Å². The number of nitrogens with zero attached hydrogens (tertiary/aromatic N) is 2. The molecule has 15 heavy (non-hydrogen) atoms. The molecule has 0 aromatic carbocycles. The van der Waals surface area contributed by atoms with E-state index in [-0.39, 0.29) is 5.54 Å². The molecule has 0 atom stereocenters. The maximum absolute atomic E-state index is 2.60. The Kier molecular flexibility index (Phi) is 3.27. The minimum atomic E-state index is 0.190. The van der Waals surface area contributed by atoms with Crippen LogP contribution in [0.4, 0.5) is 0 Å². The number of rotatable bonds is 2. The van der Waals surface area contributed by atoms with Crippen LogP contribution < -0.4 is 0 Å². The van der Waals surface area contributed by atoms with Crippen LogP contribution in [0.3, 0.4) is 0 Å². The van der Waals surface area contributed by atoms with Crippen molar-refractivity contribution in [3.8, 4) is 0 Å². The Balaban J connectivity index is 2.09. The molecule has 1 heterocycles. The zero-order chi connectivity index (χ0) is 10.7. The fraction of sp³-hybridized carbons (Fsp3) is 0.615. The van der Waals surface area contributed by atoms with Crippen LogP contribution in [0.2, 0.25) is 0 Å². The first kappa shape index (κ1) is 10.9. The first-order valence-corrected chi connectivity index (χ1v) is 5.91. The van der Waals surface area contributed by atoms with E-state index in [2.05, 4.69) is 54.5 Å². The summed E-state index contributed by atoms with van der Waals surface area (Å²) in [6.07, 6.45) is 12.3. The van der Waals surface area contributed by atoms with Crippen LogP contribution in [0.15, 0.2) is 24.3 Å². The van der Waals surface area contributed by atoms with Crippen LogP contribution in [-0.4, -0.2) is 48.6 Å². The second-order valence-corrected chi connectivity index (χ2v) is 4.55. The summed E-state index contributed by atoms with van der Waals surface area (Å²) in [6, 6.07) is 0. The molecule has 0 unspecified atom stereocenters. The minimum Gasteiger partial charge on any atom is -0.304 e. The van der Waals surface area contributed by atoms with E-state index in [1.807, 2.05) is 0 Å². The van der Waals surface area contributed by atoms with E-state index in [4.69, 9.17) is 0 Å². The molecule has 2 heteroatoms. The number of hydrogen-bond acceptors (Lipinski definition) is 2. The molecule has 2 aliphatic rings. The molecule has 1 aliphatic heterocycles. The zero-order valence-corrected chi connectivity index (χ0v) is 9.82. The molecule has 0 spiro atoms. The van der Waals surface area contributed by atoms with E-state index < -0.39 is 0 Å². The molecule has 1 fully saturated rings. The highest BCUT2D eigenvalue weighted by Crippen LogP contribution is 2.27. The van der Waals surface area contributed by atoms with Gasteiger partial charge in [-0.15, -0.1) is 0 Å². The van der Waals surface area contributed by atoms with Crippen molar-refractivity contribution in [1.29, 1.82) is 0 Å². The van der Waals surface area contributed by atoms with Gasteiger partial charge < -0.3 is 4.90 Å². The van der Waals surface area contributed by atoms with Gasteiger partial charge in [-0.25, -0.2) is 0 Å². The maximum Gasteiger partial charge on any atom is 0.0573 e. The van der Waals surface area contributed by atoms with Gasteiger partial charge >= 0.3 is 0 Å². The number of allylic oxidation sites excluding steroid dienone is 2. The Morgan fingerprint density at radius 3 is 2.20 bits per heavy atom. The summed E-state index contributed by atoms with van der Waals surface area (Å²) in [5.74, 6) is 0. The lowest BCUT2D eigenvalue weighted by Crippen LogP contribution is -2.54. The quantitative estimate of drug-likeness (QED) is 0.677. The summed E-state index contributed by atoms with van der Waals surface area (Å²) in [5, 5.41) is 0. The van der Waals surface area contributed by atoms with Gasteiger partial charge in [-0.05, 0) is 13.5 Å². The molecule has 0 aromatic heterocycles. The van der Waals surface area contributed by atoms with E-state index in [0.717, 1.165) is 6.42 Å². The van der Waals surface area contributed by atoms with Crippen LogP contribution in [0.1, 0.15) is 13.3 Å². The van der Waals surface area contributed by atoms with E-state index in [9.17, 15) is 0 Å². The maximum atomic E-state index is 2.60. The van der Waals surface area contributed by atoms with Gasteiger partial charge in [0.05, 0.1) is 5.54 Å². The molecular weight excluding hydrogens is 184 g/mol. The molecule has 83 valence electrons. The van der Waals surface area contributed by atoms with Gasteiger partial charge in [-0.2, -0.15) is 0 Å². The first-order valence-electron chi connectivity index (χ1n) is 5.91. The molecule has 2 nitrogen and oxygen atoms in total. The summed E-state index contributed by atoms with van der Waals surface area (Å²) in [5.41, 5.74) is 0.190.